The number of benzene rings is 2. The summed E-state index contributed by atoms with van der Waals surface area (Å²) < 4.78 is 71.8. The quantitative estimate of drug-likeness (QED) is 0.600. The number of sulfonamides is 2. The van der Waals surface area contributed by atoms with Crippen molar-refractivity contribution in [3.8, 4) is 0 Å². The van der Waals surface area contributed by atoms with Crippen LogP contribution in [0.25, 0.3) is 0 Å². The summed E-state index contributed by atoms with van der Waals surface area (Å²) >= 11 is 5.78. The van der Waals surface area contributed by atoms with Crippen molar-refractivity contribution < 1.29 is 25.7 Å². The second-order valence-electron chi connectivity index (χ2n) is 5.63. The fourth-order valence-electron chi connectivity index (χ4n) is 2.22. The highest BCUT2D eigenvalue weighted by molar-refractivity contribution is 7.93. The molecule has 148 valence electrons. The number of aromatic nitrogens is 1. The van der Waals surface area contributed by atoms with Crippen molar-refractivity contribution in [2.45, 2.75) is 16.7 Å². The molecule has 0 saturated carbocycles. The van der Waals surface area contributed by atoms with Crippen molar-refractivity contribution in [2.75, 3.05) is 9.44 Å². The molecule has 2 aromatic carbocycles. The van der Waals surface area contributed by atoms with E-state index in [1.165, 1.54) is 30.3 Å². The molecule has 3 aromatic rings. The van der Waals surface area contributed by atoms with Crippen LogP contribution in [0, 0.1) is 12.7 Å². The molecule has 8 nitrogen and oxygen atoms in total. The van der Waals surface area contributed by atoms with Gasteiger partial charge in [-0.2, -0.15) is 0 Å². The summed E-state index contributed by atoms with van der Waals surface area (Å²) in [5.74, 6) is -0.219. The van der Waals surface area contributed by atoms with E-state index in [-0.39, 0.29) is 26.3 Å². The van der Waals surface area contributed by atoms with Crippen LogP contribution in [0.15, 0.2) is 62.8 Å². The van der Waals surface area contributed by atoms with Gasteiger partial charge < -0.3 is 4.52 Å². The lowest BCUT2D eigenvalue weighted by molar-refractivity contribution is 0.400. The van der Waals surface area contributed by atoms with Crippen LogP contribution in [0.5, 0.6) is 0 Å². The molecule has 0 aliphatic rings. The summed E-state index contributed by atoms with van der Waals surface area (Å²) in [5.41, 5.74) is 0.0941. The maximum absolute atomic E-state index is 13.1. The van der Waals surface area contributed by atoms with Crippen LogP contribution >= 0.6 is 11.6 Å². The molecule has 0 fully saturated rings. The minimum atomic E-state index is -4.09. The van der Waals surface area contributed by atoms with Gasteiger partial charge in [0.25, 0.3) is 20.0 Å². The fourth-order valence-corrected chi connectivity index (χ4v) is 4.79. The van der Waals surface area contributed by atoms with Gasteiger partial charge in [0, 0.05) is 11.8 Å². The Morgan fingerprint density at radius 3 is 2.21 bits per heavy atom. The molecule has 0 aliphatic carbocycles. The second kappa shape index (κ2) is 7.41. The van der Waals surface area contributed by atoms with Gasteiger partial charge in [-0.15, -0.1) is 0 Å². The first-order chi connectivity index (χ1) is 13.1. The molecule has 1 heterocycles. The Bertz CT molecular complexity index is 1230. The summed E-state index contributed by atoms with van der Waals surface area (Å²) in [7, 11) is -8.03. The molecule has 0 aliphatic heterocycles. The third-order valence-electron chi connectivity index (χ3n) is 3.47. The maximum atomic E-state index is 13.1. The van der Waals surface area contributed by atoms with Gasteiger partial charge in [0.2, 0.25) is 0 Å². The lowest BCUT2D eigenvalue weighted by atomic mass is 10.3. The van der Waals surface area contributed by atoms with Crippen molar-refractivity contribution in [3.63, 3.8) is 0 Å². The normalized spacial score (nSPS) is 12.0. The number of hydrogen-bond acceptors (Lipinski definition) is 6. The number of aryl methyl sites for hydroxylation is 1. The minimum absolute atomic E-state index is 0.0215. The standard InChI is InChI=1S/C16H13ClFN3O5S2/c1-10-8-16(19-26-10)21-27(22,23)13-5-3-12(4-6-13)20-28(24,25)15-7-2-11(18)9-14(15)17/h2-9,20H,1H3,(H,19,21). The summed E-state index contributed by atoms with van der Waals surface area (Å²) in [5, 5.41) is 3.27. The molecule has 12 heteroatoms. The van der Waals surface area contributed by atoms with Gasteiger partial charge in [0.05, 0.1) is 9.92 Å². The number of nitrogens with zero attached hydrogens (tertiary/aromatic N) is 1. The molecule has 0 bridgehead atoms. The van der Waals surface area contributed by atoms with Crippen molar-refractivity contribution in [1.29, 1.82) is 0 Å². The highest BCUT2D eigenvalue weighted by Gasteiger charge is 2.20. The van der Waals surface area contributed by atoms with E-state index in [0.29, 0.717) is 5.76 Å². The Morgan fingerprint density at radius 2 is 1.64 bits per heavy atom. The molecule has 0 saturated heterocycles. The Morgan fingerprint density at radius 1 is 0.964 bits per heavy atom. The Hall–Kier alpha value is -2.63. The lowest BCUT2D eigenvalue weighted by Gasteiger charge is -2.10. The third kappa shape index (κ3) is 4.43. The summed E-state index contributed by atoms with van der Waals surface area (Å²) in [6, 6.07) is 9.22. The molecular formula is C16H13ClFN3O5S2. The largest absolute Gasteiger partial charge is 0.360 e. The molecule has 1 aromatic heterocycles. The highest BCUT2D eigenvalue weighted by Crippen LogP contribution is 2.25. The summed E-state index contributed by atoms with van der Waals surface area (Å²) in [6.45, 7) is 1.61. The van der Waals surface area contributed by atoms with E-state index < -0.39 is 25.9 Å². The molecule has 0 spiro atoms. The first kappa shape index (κ1) is 20.1. The molecule has 0 amide bonds. The molecular weight excluding hydrogens is 433 g/mol. The van der Waals surface area contributed by atoms with Crippen LogP contribution in [-0.2, 0) is 20.0 Å². The van der Waals surface area contributed by atoms with Crippen LogP contribution in [0.4, 0.5) is 15.9 Å². The third-order valence-corrected chi connectivity index (χ3v) is 6.70. The number of rotatable bonds is 6. The summed E-state index contributed by atoms with van der Waals surface area (Å²) in [6.07, 6.45) is 0. The zero-order valence-corrected chi connectivity index (χ0v) is 16.6. The van der Waals surface area contributed by atoms with Gasteiger partial charge in [-0.25, -0.2) is 21.2 Å². The molecule has 28 heavy (non-hydrogen) atoms. The Balaban J connectivity index is 1.80. The van der Waals surface area contributed by atoms with Crippen LogP contribution in [-0.4, -0.2) is 22.0 Å². The van der Waals surface area contributed by atoms with Crippen LogP contribution in [0.2, 0.25) is 5.02 Å². The summed E-state index contributed by atoms with van der Waals surface area (Å²) in [4.78, 5) is -0.425. The van der Waals surface area contributed by atoms with Crippen LogP contribution in [0.1, 0.15) is 5.76 Å². The Kier molecular flexibility index (Phi) is 5.33. The van der Waals surface area contributed by atoms with E-state index in [2.05, 4.69) is 14.6 Å². The van der Waals surface area contributed by atoms with Gasteiger partial charge in [-0.05, 0) is 49.4 Å². The predicted molar refractivity (Wildman–Crippen MR) is 101 cm³/mol. The molecule has 0 radical (unpaired) electrons. The van der Waals surface area contributed by atoms with Gasteiger partial charge in [-0.3, -0.25) is 9.44 Å². The van der Waals surface area contributed by atoms with E-state index in [0.717, 1.165) is 18.2 Å². The van der Waals surface area contributed by atoms with Gasteiger partial charge in [0.1, 0.15) is 16.5 Å². The maximum Gasteiger partial charge on any atom is 0.263 e. The molecule has 3 rings (SSSR count). The fraction of sp³-hybridized carbons (Fsp3) is 0.0625. The van der Waals surface area contributed by atoms with E-state index in [9.17, 15) is 21.2 Å². The predicted octanol–water partition coefficient (Wildman–Crippen LogP) is 3.38. The number of halogens is 2. The lowest BCUT2D eigenvalue weighted by Crippen LogP contribution is -2.15. The second-order valence-corrected chi connectivity index (χ2v) is 9.37. The van der Waals surface area contributed by atoms with Crippen molar-refractivity contribution in [2.24, 2.45) is 0 Å². The van der Waals surface area contributed by atoms with Crippen molar-refractivity contribution in [1.82, 2.24) is 5.16 Å². The highest BCUT2D eigenvalue weighted by atomic mass is 35.5. The molecule has 0 unspecified atom stereocenters. The van der Waals surface area contributed by atoms with Gasteiger partial charge in [-0.1, -0.05) is 16.8 Å². The van der Waals surface area contributed by atoms with Crippen LogP contribution < -0.4 is 9.44 Å². The first-order valence-corrected chi connectivity index (χ1v) is 11.0. The zero-order valence-electron chi connectivity index (χ0n) is 14.2. The monoisotopic (exact) mass is 445 g/mol. The topological polar surface area (TPSA) is 118 Å². The number of anilines is 2. The SMILES string of the molecule is Cc1cc(NS(=O)(=O)c2ccc(NS(=O)(=O)c3ccc(F)cc3Cl)cc2)no1. The van der Waals surface area contributed by atoms with Crippen molar-refractivity contribution in [3.05, 3.63) is 65.1 Å². The molecule has 2 N–H and O–H groups in total. The van der Waals surface area contributed by atoms with Crippen molar-refractivity contribution >= 4 is 43.2 Å². The number of nitrogens with one attached hydrogen (secondary N) is 2. The minimum Gasteiger partial charge on any atom is -0.360 e. The number of hydrogen-bond donors (Lipinski definition) is 2. The van der Waals surface area contributed by atoms with Crippen LogP contribution in [0.3, 0.4) is 0 Å². The van der Waals surface area contributed by atoms with E-state index in [1.54, 1.807) is 6.92 Å². The van der Waals surface area contributed by atoms with Gasteiger partial charge >= 0.3 is 0 Å². The average molecular weight is 446 g/mol. The van der Waals surface area contributed by atoms with E-state index in [4.69, 9.17) is 16.1 Å². The smallest absolute Gasteiger partial charge is 0.263 e. The zero-order chi connectivity index (χ0) is 20.5. The Labute approximate surface area is 165 Å². The van der Waals surface area contributed by atoms with E-state index >= 15 is 0 Å². The average Bonchev–Trinajstić information content (AvgIpc) is 2.98. The van der Waals surface area contributed by atoms with E-state index in [1.807, 2.05) is 0 Å². The molecule has 0 atom stereocenters. The first-order valence-electron chi connectivity index (χ1n) is 7.61. The van der Waals surface area contributed by atoms with Gasteiger partial charge in [0.15, 0.2) is 5.82 Å².